The van der Waals surface area contributed by atoms with Crippen LogP contribution in [0, 0.1) is 6.92 Å². The van der Waals surface area contributed by atoms with Gasteiger partial charge in [0.15, 0.2) is 0 Å². The van der Waals surface area contributed by atoms with E-state index in [0.29, 0.717) is 31.2 Å². The van der Waals surface area contributed by atoms with Crippen molar-refractivity contribution >= 4 is 30.2 Å². The fourth-order valence-electron chi connectivity index (χ4n) is 2.54. The van der Waals surface area contributed by atoms with Gasteiger partial charge in [-0.3, -0.25) is 14.6 Å². The van der Waals surface area contributed by atoms with Crippen LogP contribution in [0.3, 0.4) is 0 Å². The van der Waals surface area contributed by atoms with E-state index >= 15 is 0 Å². The maximum absolute atomic E-state index is 12.0. The van der Waals surface area contributed by atoms with Gasteiger partial charge < -0.3 is 31.0 Å². The fourth-order valence-corrected chi connectivity index (χ4v) is 2.54. The fraction of sp³-hybridized carbons (Fsp3) is 0.474. The Morgan fingerprint density at radius 3 is 2.43 bits per heavy atom. The van der Waals surface area contributed by atoms with Crippen molar-refractivity contribution < 1.29 is 34.2 Å². The molecule has 30 heavy (non-hydrogen) atoms. The third-order valence-electron chi connectivity index (χ3n) is 4.10. The summed E-state index contributed by atoms with van der Waals surface area (Å²) in [7, 11) is 0. The van der Waals surface area contributed by atoms with Crippen molar-refractivity contribution in [2.24, 2.45) is 0 Å². The van der Waals surface area contributed by atoms with Crippen LogP contribution in [0.1, 0.15) is 48.0 Å². The normalized spacial score (nSPS) is 12.3. The molecule has 0 bridgehead atoms. The maximum atomic E-state index is 12.0. The Kier molecular flexibility index (Phi) is 10.5. The number of hydrogen-bond acceptors (Lipinski definition) is 6. The van der Waals surface area contributed by atoms with Crippen LogP contribution in [-0.4, -0.2) is 64.0 Å². The molecule has 0 aliphatic heterocycles. The van der Waals surface area contributed by atoms with Crippen LogP contribution in [-0.2, 0) is 14.4 Å². The van der Waals surface area contributed by atoms with Crippen molar-refractivity contribution in [1.29, 1.82) is 0 Å². The van der Waals surface area contributed by atoms with Crippen LogP contribution in [0.4, 0.5) is 4.79 Å². The highest BCUT2D eigenvalue weighted by Crippen LogP contribution is 2.04. The minimum atomic E-state index is -1.24. The first-order valence-electron chi connectivity index (χ1n) is 9.39. The lowest BCUT2D eigenvalue weighted by Crippen LogP contribution is -2.49. The van der Waals surface area contributed by atoms with E-state index in [1.807, 2.05) is 6.92 Å². The third kappa shape index (κ3) is 9.62. The van der Waals surface area contributed by atoms with Crippen molar-refractivity contribution in [3.05, 3.63) is 29.6 Å². The Hall–Kier alpha value is -3.50. The van der Waals surface area contributed by atoms with Crippen LogP contribution < -0.4 is 16.0 Å². The van der Waals surface area contributed by atoms with Crippen molar-refractivity contribution in [2.75, 3.05) is 6.54 Å². The smallest absolute Gasteiger partial charge is 0.326 e. The highest BCUT2D eigenvalue weighted by Gasteiger charge is 2.21. The topological polar surface area (TPSA) is 175 Å². The van der Waals surface area contributed by atoms with E-state index < -0.39 is 30.1 Å². The number of hydrogen-bond donors (Lipinski definition) is 5. The predicted octanol–water partition coefficient (Wildman–Crippen LogP) is 0.475. The predicted molar refractivity (Wildman–Crippen MR) is 105 cm³/mol. The lowest BCUT2D eigenvalue weighted by molar-refractivity contribution is -0.139. The van der Waals surface area contributed by atoms with Crippen molar-refractivity contribution in [3.8, 4) is 0 Å². The molecule has 164 valence electrons. The first-order chi connectivity index (χ1) is 14.2. The number of aliphatic carboxylic acids is 2. The standard InChI is InChI=1S/C19H26N4O7/c1-12-8-13(10-20-9-12)17(27)21-7-3-2-4-15(18(28)29)23-19(30)22-14(11-24)5-6-16(25)26/h8-11,14-15H,2-7H2,1H3,(H,21,27)(H,25,26)(H,28,29)(H2,22,23,30). The SMILES string of the molecule is Cc1cncc(C(=O)NCCCCC(NC(=O)NC(C=O)CCC(=O)O)C(=O)O)c1. The second-order valence-electron chi connectivity index (χ2n) is 6.69. The lowest BCUT2D eigenvalue weighted by Gasteiger charge is -2.17. The molecule has 0 aliphatic carbocycles. The summed E-state index contributed by atoms with van der Waals surface area (Å²) in [6.07, 6.45) is 4.10. The molecule has 3 amide bonds. The molecule has 0 saturated carbocycles. The summed E-state index contributed by atoms with van der Waals surface area (Å²) in [6.45, 7) is 2.15. The van der Waals surface area contributed by atoms with Crippen molar-refractivity contribution in [3.63, 3.8) is 0 Å². The average molecular weight is 422 g/mol. The molecule has 1 aromatic rings. The summed E-state index contributed by atoms with van der Waals surface area (Å²) in [6, 6.07) is -1.38. The van der Waals surface area contributed by atoms with Gasteiger partial charge in [0.2, 0.25) is 0 Å². The van der Waals surface area contributed by atoms with Crippen LogP contribution in [0.25, 0.3) is 0 Å². The number of pyridine rings is 1. The maximum Gasteiger partial charge on any atom is 0.326 e. The summed E-state index contributed by atoms with van der Waals surface area (Å²) in [5.41, 5.74) is 1.29. The van der Waals surface area contributed by atoms with Crippen LogP contribution in [0.15, 0.2) is 18.5 Å². The number of carbonyl (C=O) groups is 5. The van der Waals surface area contributed by atoms with Gasteiger partial charge in [-0.1, -0.05) is 0 Å². The number of nitrogens with one attached hydrogen (secondary N) is 3. The van der Waals surface area contributed by atoms with Crippen LogP contribution >= 0.6 is 0 Å². The van der Waals surface area contributed by atoms with Crippen molar-refractivity contribution in [2.45, 2.75) is 51.1 Å². The Bertz CT molecular complexity index is 769. The summed E-state index contributed by atoms with van der Waals surface area (Å²) in [5, 5.41) is 25.1. The zero-order chi connectivity index (χ0) is 22.5. The summed E-state index contributed by atoms with van der Waals surface area (Å²) < 4.78 is 0. The summed E-state index contributed by atoms with van der Waals surface area (Å²) in [5.74, 6) is -2.63. The number of carboxylic acid groups (broad SMARTS) is 2. The Morgan fingerprint density at radius 1 is 1.10 bits per heavy atom. The quantitative estimate of drug-likeness (QED) is 0.225. The number of aldehydes is 1. The molecule has 5 N–H and O–H groups in total. The number of rotatable bonds is 13. The zero-order valence-electron chi connectivity index (χ0n) is 16.6. The number of aromatic nitrogens is 1. The van der Waals surface area contributed by atoms with E-state index in [9.17, 15) is 29.1 Å². The molecule has 0 aliphatic rings. The molecule has 0 aromatic carbocycles. The number of urea groups is 1. The number of carbonyl (C=O) groups excluding carboxylic acids is 3. The second-order valence-corrected chi connectivity index (χ2v) is 6.69. The van der Waals surface area contributed by atoms with Gasteiger partial charge in [0.05, 0.1) is 11.6 Å². The van der Waals surface area contributed by atoms with Crippen molar-refractivity contribution in [1.82, 2.24) is 20.9 Å². The van der Waals surface area contributed by atoms with Gasteiger partial charge in [0.25, 0.3) is 5.91 Å². The largest absolute Gasteiger partial charge is 0.481 e. The molecule has 2 atom stereocenters. The molecule has 1 aromatic heterocycles. The number of aryl methyl sites for hydroxylation is 1. The molecule has 0 fully saturated rings. The lowest BCUT2D eigenvalue weighted by atomic mass is 10.1. The van der Waals surface area contributed by atoms with E-state index in [4.69, 9.17) is 5.11 Å². The minimum Gasteiger partial charge on any atom is -0.481 e. The second kappa shape index (κ2) is 12.9. The number of nitrogens with zero attached hydrogens (tertiary/aromatic N) is 1. The van der Waals surface area contributed by atoms with Gasteiger partial charge in [-0.25, -0.2) is 9.59 Å². The van der Waals surface area contributed by atoms with E-state index in [1.54, 1.807) is 12.3 Å². The Morgan fingerprint density at radius 2 is 1.83 bits per heavy atom. The van der Waals surface area contributed by atoms with Gasteiger partial charge in [-0.05, 0) is 44.2 Å². The number of carboxylic acids is 2. The first kappa shape index (κ1) is 24.5. The minimum absolute atomic E-state index is 0.0971. The third-order valence-corrected chi connectivity index (χ3v) is 4.10. The van der Waals surface area contributed by atoms with E-state index in [1.165, 1.54) is 6.20 Å². The highest BCUT2D eigenvalue weighted by atomic mass is 16.4. The van der Waals surface area contributed by atoms with Gasteiger partial charge in [-0.2, -0.15) is 0 Å². The summed E-state index contributed by atoms with van der Waals surface area (Å²) in [4.78, 5) is 60.6. The number of amides is 3. The molecule has 1 heterocycles. The summed E-state index contributed by atoms with van der Waals surface area (Å²) >= 11 is 0. The first-order valence-corrected chi connectivity index (χ1v) is 9.39. The molecule has 0 saturated heterocycles. The molecule has 0 spiro atoms. The highest BCUT2D eigenvalue weighted by molar-refractivity contribution is 5.94. The molecule has 1 rings (SSSR count). The molecular formula is C19H26N4O7. The van der Waals surface area contributed by atoms with Gasteiger partial charge >= 0.3 is 18.0 Å². The van der Waals surface area contributed by atoms with E-state index in [2.05, 4.69) is 20.9 Å². The molecule has 11 nitrogen and oxygen atoms in total. The van der Waals surface area contributed by atoms with E-state index in [-0.39, 0.29) is 25.2 Å². The van der Waals surface area contributed by atoms with Gasteiger partial charge in [-0.15, -0.1) is 0 Å². The number of unbranched alkanes of at least 4 members (excludes halogenated alkanes) is 1. The molecule has 2 unspecified atom stereocenters. The van der Waals surface area contributed by atoms with Crippen LogP contribution in [0.2, 0.25) is 0 Å². The monoisotopic (exact) mass is 422 g/mol. The van der Waals surface area contributed by atoms with Gasteiger partial charge in [0.1, 0.15) is 12.3 Å². The molecule has 0 radical (unpaired) electrons. The molecule has 11 heteroatoms. The van der Waals surface area contributed by atoms with E-state index in [0.717, 1.165) is 5.56 Å². The van der Waals surface area contributed by atoms with Gasteiger partial charge in [0, 0.05) is 25.4 Å². The molecular weight excluding hydrogens is 396 g/mol. The average Bonchev–Trinajstić information content (AvgIpc) is 2.69. The zero-order valence-corrected chi connectivity index (χ0v) is 16.6. The van der Waals surface area contributed by atoms with Crippen LogP contribution in [0.5, 0.6) is 0 Å². The Balaban J connectivity index is 2.37. The Labute approximate surface area is 173 Å².